The van der Waals surface area contributed by atoms with E-state index >= 15 is 0 Å². The quantitative estimate of drug-likeness (QED) is 0.233. The molecule has 0 aliphatic carbocycles. The molecule has 1 aromatic heterocycles. The van der Waals surface area contributed by atoms with Crippen LogP contribution in [0.2, 0.25) is 0 Å². The average molecular weight is 487 g/mol. The molecule has 3 atom stereocenters. The van der Waals surface area contributed by atoms with Crippen molar-refractivity contribution < 1.29 is 29.1 Å². The summed E-state index contributed by atoms with van der Waals surface area (Å²) in [6, 6.07) is 4.44. The van der Waals surface area contributed by atoms with E-state index in [1.165, 1.54) is 4.90 Å². The number of carboxylic acids is 1. The number of carbonyl (C=O) groups is 5. The first-order chi connectivity index (χ1) is 16.7. The number of carboxylic acid groups (broad SMARTS) is 1. The van der Waals surface area contributed by atoms with E-state index < -0.39 is 47.7 Å². The van der Waals surface area contributed by atoms with Crippen LogP contribution in [0.1, 0.15) is 31.2 Å². The van der Waals surface area contributed by atoms with E-state index in [1.807, 2.05) is 24.3 Å². The van der Waals surface area contributed by atoms with Crippen molar-refractivity contribution in [2.24, 2.45) is 11.5 Å². The number of para-hydroxylation sites is 1. The zero-order valence-corrected chi connectivity index (χ0v) is 19.2. The number of benzene rings is 1. The number of nitrogens with two attached hydrogens (primary N) is 2. The summed E-state index contributed by atoms with van der Waals surface area (Å²) in [5.74, 6) is -3.42. The molecule has 3 unspecified atom stereocenters. The number of likely N-dealkylation sites (tertiary alicyclic amines) is 1. The number of rotatable bonds is 11. The lowest BCUT2D eigenvalue weighted by atomic mass is 10.0. The summed E-state index contributed by atoms with van der Waals surface area (Å²) in [5, 5.41) is 15.5. The van der Waals surface area contributed by atoms with E-state index in [1.54, 1.807) is 6.20 Å². The van der Waals surface area contributed by atoms with Crippen LogP contribution >= 0.6 is 0 Å². The molecular formula is C23H30N6O6. The van der Waals surface area contributed by atoms with E-state index in [0.717, 1.165) is 16.5 Å². The topological polar surface area (TPSA) is 201 Å². The number of hydrogen-bond donors (Lipinski definition) is 6. The highest BCUT2D eigenvalue weighted by molar-refractivity contribution is 5.93. The van der Waals surface area contributed by atoms with Crippen LogP contribution in [0.5, 0.6) is 0 Å². The van der Waals surface area contributed by atoms with Gasteiger partial charge in [0.05, 0.1) is 12.6 Å². The van der Waals surface area contributed by atoms with E-state index in [9.17, 15) is 29.1 Å². The molecule has 188 valence electrons. The maximum Gasteiger partial charge on any atom is 0.326 e. The predicted octanol–water partition coefficient (Wildman–Crippen LogP) is -1.02. The van der Waals surface area contributed by atoms with Gasteiger partial charge in [-0.3, -0.25) is 19.2 Å². The second kappa shape index (κ2) is 11.5. The molecule has 1 aromatic carbocycles. The number of aromatic nitrogens is 1. The van der Waals surface area contributed by atoms with Gasteiger partial charge >= 0.3 is 5.97 Å². The molecule has 1 aliphatic heterocycles. The fraction of sp³-hybridized carbons (Fsp3) is 0.435. The summed E-state index contributed by atoms with van der Waals surface area (Å²) in [6.45, 7) is -0.0642. The van der Waals surface area contributed by atoms with E-state index in [0.29, 0.717) is 19.4 Å². The van der Waals surface area contributed by atoms with Gasteiger partial charge in [0, 0.05) is 36.5 Å². The number of nitrogens with zero attached hydrogens (tertiary/aromatic N) is 1. The summed E-state index contributed by atoms with van der Waals surface area (Å²) in [5.41, 5.74) is 12.3. The van der Waals surface area contributed by atoms with Gasteiger partial charge in [-0.25, -0.2) is 4.79 Å². The number of carbonyl (C=O) groups excluding carboxylic acids is 4. The van der Waals surface area contributed by atoms with Gasteiger partial charge in [-0.15, -0.1) is 0 Å². The summed E-state index contributed by atoms with van der Waals surface area (Å²) in [4.78, 5) is 64.8. The zero-order chi connectivity index (χ0) is 25.5. The minimum Gasteiger partial charge on any atom is -0.480 e. The van der Waals surface area contributed by atoms with Crippen molar-refractivity contribution in [3.05, 3.63) is 36.0 Å². The molecule has 12 nitrogen and oxygen atoms in total. The van der Waals surface area contributed by atoms with Crippen LogP contribution in [0, 0.1) is 0 Å². The predicted molar refractivity (Wildman–Crippen MR) is 126 cm³/mol. The largest absolute Gasteiger partial charge is 0.480 e. The Kier molecular flexibility index (Phi) is 8.42. The Hall–Kier alpha value is -3.93. The van der Waals surface area contributed by atoms with Crippen LogP contribution in [-0.2, 0) is 30.4 Å². The SMILES string of the molecule is NC(=O)CCC(N)C(=O)NCC(=O)N1CCCC1C(=O)NC(Cc1c[nH]c2ccccc12)C(=O)O. The van der Waals surface area contributed by atoms with E-state index in [-0.39, 0.29) is 25.8 Å². The van der Waals surface area contributed by atoms with Crippen molar-refractivity contribution in [1.29, 1.82) is 0 Å². The van der Waals surface area contributed by atoms with Crippen molar-refractivity contribution in [3.63, 3.8) is 0 Å². The number of aromatic amines is 1. The third-order valence-corrected chi connectivity index (χ3v) is 6.04. The highest BCUT2D eigenvalue weighted by Gasteiger charge is 2.36. The smallest absolute Gasteiger partial charge is 0.326 e. The second-order valence-corrected chi connectivity index (χ2v) is 8.54. The summed E-state index contributed by atoms with van der Waals surface area (Å²) < 4.78 is 0. The van der Waals surface area contributed by atoms with Crippen LogP contribution in [0.4, 0.5) is 0 Å². The van der Waals surface area contributed by atoms with Crippen LogP contribution in [0.3, 0.4) is 0 Å². The summed E-state index contributed by atoms with van der Waals surface area (Å²) in [7, 11) is 0. The molecule has 0 spiro atoms. The Bertz CT molecular complexity index is 1110. The normalized spacial score (nSPS) is 17.1. The van der Waals surface area contributed by atoms with Crippen molar-refractivity contribution in [2.45, 2.75) is 50.2 Å². The molecule has 0 radical (unpaired) electrons. The Balaban J connectivity index is 1.58. The van der Waals surface area contributed by atoms with Crippen LogP contribution in [-0.4, -0.2) is 75.8 Å². The second-order valence-electron chi connectivity index (χ2n) is 8.54. The zero-order valence-electron chi connectivity index (χ0n) is 19.2. The first-order valence-electron chi connectivity index (χ1n) is 11.4. The molecule has 0 bridgehead atoms. The fourth-order valence-electron chi connectivity index (χ4n) is 4.15. The number of fused-ring (bicyclic) bond motifs is 1. The van der Waals surface area contributed by atoms with Gasteiger partial charge < -0.3 is 37.1 Å². The molecule has 1 saturated heterocycles. The molecule has 0 saturated carbocycles. The summed E-state index contributed by atoms with van der Waals surface area (Å²) >= 11 is 0. The number of nitrogens with one attached hydrogen (secondary N) is 3. The van der Waals surface area contributed by atoms with Crippen LogP contribution in [0.15, 0.2) is 30.5 Å². The first kappa shape index (κ1) is 25.7. The van der Waals surface area contributed by atoms with Crippen molar-refractivity contribution in [3.8, 4) is 0 Å². The lowest BCUT2D eigenvalue weighted by Crippen LogP contribution is -2.53. The molecule has 2 aromatic rings. The molecule has 35 heavy (non-hydrogen) atoms. The molecule has 1 aliphatic rings. The Morgan fingerprint density at radius 1 is 1.20 bits per heavy atom. The van der Waals surface area contributed by atoms with E-state index in [2.05, 4.69) is 15.6 Å². The average Bonchev–Trinajstić information content (AvgIpc) is 3.48. The van der Waals surface area contributed by atoms with Gasteiger partial charge in [0.2, 0.25) is 23.6 Å². The number of aliphatic carboxylic acids is 1. The van der Waals surface area contributed by atoms with Gasteiger partial charge in [0.25, 0.3) is 0 Å². The molecule has 3 rings (SSSR count). The highest BCUT2D eigenvalue weighted by atomic mass is 16.4. The van der Waals surface area contributed by atoms with Crippen LogP contribution < -0.4 is 22.1 Å². The number of amides is 4. The lowest BCUT2D eigenvalue weighted by Gasteiger charge is -2.26. The molecule has 8 N–H and O–H groups in total. The maximum absolute atomic E-state index is 12.9. The molecule has 4 amide bonds. The van der Waals surface area contributed by atoms with Crippen molar-refractivity contribution in [1.82, 2.24) is 20.5 Å². The maximum atomic E-state index is 12.9. The van der Waals surface area contributed by atoms with Crippen molar-refractivity contribution in [2.75, 3.05) is 13.1 Å². The first-order valence-corrected chi connectivity index (χ1v) is 11.4. The van der Waals surface area contributed by atoms with Gasteiger partial charge in [-0.2, -0.15) is 0 Å². The third-order valence-electron chi connectivity index (χ3n) is 6.04. The molecule has 2 heterocycles. The Labute approximate surface area is 201 Å². The highest BCUT2D eigenvalue weighted by Crippen LogP contribution is 2.21. The molecule has 1 fully saturated rings. The minimum atomic E-state index is -1.18. The lowest BCUT2D eigenvalue weighted by molar-refractivity contribution is -0.144. The van der Waals surface area contributed by atoms with Crippen molar-refractivity contribution >= 4 is 40.5 Å². The Morgan fingerprint density at radius 2 is 1.94 bits per heavy atom. The monoisotopic (exact) mass is 486 g/mol. The standard InChI is InChI=1S/C23H30N6O6/c24-15(7-8-19(25)30)21(32)27-12-20(31)29-9-3-6-18(29)22(33)28-17(23(34)35)10-13-11-26-16-5-2-1-4-14(13)16/h1-2,4-5,11,15,17-18,26H,3,6-10,12,24H2,(H2,25,30)(H,27,32)(H,28,33)(H,34,35). The van der Waals surface area contributed by atoms with Gasteiger partial charge in [-0.1, -0.05) is 18.2 Å². The summed E-state index contributed by atoms with van der Waals surface area (Å²) in [6.07, 6.45) is 2.73. The van der Waals surface area contributed by atoms with E-state index in [4.69, 9.17) is 11.5 Å². The Morgan fingerprint density at radius 3 is 2.66 bits per heavy atom. The number of hydrogen-bond acceptors (Lipinski definition) is 6. The third kappa shape index (κ3) is 6.57. The molecular weight excluding hydrogens is 456 g/mol. The van der Waals surface area contributed by atoms with Gasteiger partial charge in [0.1, 0.15) is 12.1 Å². The fourth-order valence-corrected chi connectivity index (χ4v) is 4.15. The number of H-pyrrole nitrogens is 1. The number of primary amides is 1. The molecule has 12 heteroatoms. The minimum absolute atomic E-state index is 0.0527. The van der Waals surface area contributed by atoms with Crippen LogP contribution in [0.25, 0.3) is 10.9 Å². The van der Waals surface area contributed by atoms with Gasteiger partial charge in [0.15, 0.2) is 0 Å². The van der Waals surface area contributed by atoms with Gasteiger partial charge in [-0.05, 0) is 30.9 Å².